The van der Waals surface area contributed by atoms with Crippen molar-refractivity contribution in [1.82, 2.24) is 9.80 Å². The number of aliphatic carboxylic acids is 1. The van der Waals surface area contributed by atoms with Crippen molar-refractivity contribution in [3.05, 3.63) is 39.8 Å². The van der Waals surface area contributed by atoms with Crippen LogP contribution >= 0.6 is 11.3 Å². The highest BCUT2D eigenvalue weighted by molar-refractivity contribution is 7.16. The van der Waals surface area contributed by atoms with Crippen LogP contribution in [0.4, 0.5) is 16.4 Å². The smallest absolute Gasteiger partial charge is 0.304 e. The summed E-state index contributed by atoms with van der Waals surface area (Å²) >= 11 is 1.15. The van der Waals surface area contributed by atoms with Crippen molar-refractivity contribution in [1.29, 1.82) is 10.5 Å². The van der Waals surface area contributed by atoms with Gasteiger partial charge in [0, 0.05) is 51.4 Å². The minimum Gasteiger partial charge on any atom is -0.481 e. The first-order valence-corrected chi connectivity index (χ1v) is 16.0. The Balaban J connectivity index is 1.95. The topological polar surface area (TPSA) is 164 Å². The molecule has 1 aromatic heterocycles. The van der Waals surface area contributed by atoms with Crippen LogP contribution in [0.15, 0.2) is 28.4 Å². The lowest BCUT2D eigenvalue weighted by atomic mass is 10.1. The Morgan fingerprint density at radius 2 is 1.50 bits per heavy atom. The maximum atomic E-state index is 10.7. The standard InChI is InChI=1S/C32H45N7O6S/c1-25-22-27(6-7-29(25)35-36-32-28(23-33)26(2)30(24-34)46-32)39(13-18-43-16-11-37(3)9-5-15-40)14-19-45-21-20-44-17-12-38(4)10-8-31(41)42/h6-7,15,22H,5,8-14,16-21H2,1-4H3,(H,41,42)/b36-35+. The van der Waals surface area contributed by atoms with Gasteiger partial charge in [-0.15, -0.1) is 21.6 Å². The SMILES string of the molecule is Cc1cc(N(CCOCCOCCN(C)CCC(=O)O)CCOCCN(C)CCC=O)ccc1/N=N/c1sc(C#N)c(C)c1C#N. The molecular weight excluding hydrogens is 610 g/mol. The van der Waals surface area contributed by atoms with E-state index in [1.165, 1.54) is 0 Å². The van der Waals surface area contributed by atoms with Gasteiger partial charge in [0.15, 0.2) is 5.00 Å². The Bertz CT molecular complexity index is 1350. The Kier molecular flexibility index (Phi) is 18.3. The quantitative estimate of drug-likeness (QED) is 0.0974. The summed E-state index contributed by atoms with van der Waals surface area (Å²) in [5.74, 6) is -0.813. The monoisotopic (exact) mass is 655 g/mol. The molecule has 13 nitrogen and oxygen atoms in total. The maximum Gasteiger partial charge on any atom is 0.304 e. The highest BCUT2D eigenvalue weighted by atomic mass is 32.1. The summed E-state index contributed by atoms with van der Waals surface area (Å²) in [6.45, 7) is 10.4. The highest BCUT2D eigenvalue weighted by Gasteiger charge is 2.15. The molecule has 0 aliphatic heterocycles. The molecule has 0 unspecified atom stereocenters. The fourth-order valence-electron chi connectivity index (χ4n) is 4.22. The van der Waals surface area contributed by atoms with Crippen LogP contribution in [0.1, 0.15) is 34.4 Å². The lowest BCUT2D eigenvalue weighted by molar-refractivity contribution is -0.137. The molecule has 0 aliphatic rings. The number of carbonyl (C=O) groups is 2. The molecule has 0 saturated carbocycles. The second kappa shape index (κ2) is 21.9. The van der Waals surface area contributed by atoms with Crippen LogP contribution in [0.5, 0.6) is 0 Å². The van der Waals surface area contributed by atoms with Gasteiger partial charge in [0.05, 0.1) is 57.3 Å². The first-order valence-electron chi connectivity index (χ1n) is 15.2. The zero-order chi connectivity index (χ0) is 33.7. The van der Waals surface area contributed by atoms with Crippen molar-refractivity contribution in [3.8, 4) is 12.1 Å². The second-order valence-electron chi connectivity index (χ2n) is 10.7. The minimum atomic E-state index is -0.813. The number of hydrogen-bond donors (Lipinski definition) is 1. The fourth-order valence-corrected chi connectivity index (χ4v) is 5.10. The van der Waals surface area contributed by atoms with Crippen molar-refractivity contribution in [2.45, 2.75) is 26.7 Å². The summed E-state index contributed by atoms with van der Waals surface area (Å²) in [5.41, 5.74) is 3.53. The molecule has 1 N–H and O–H groups in total. The van der Waals surface area contributed by atoms with E-state index < -0.39 is 5.97 Å². The highest BCUT2D eigenvalue weighted by Crippen LogP contribution is 2.36. The number of carboxylic acids is 1. The molecule has 0 spiro atoms. The number of aryl methyl sites for hydroxylation is 1. The van der Waals surface area contributed by atoms with Gasteiger partial charge in [-0.1, -0.05) is 0 Å². The lowest BCUT2D eigenvalue weighted by Gasteiger charge is -2.26. The first-order chi connectivity index (χ1) is 22.2. The van der Waals surface area contributed by atoms with Crippen LogP contribution in [0, 0.1) is 36.5 Å². The molecule has 0 bridgehead atoms. The van der Waals surface area contributed by atoms with Crippen LogP contribution in [0.3, 0.4) is 0 Å². The van der Waals surface area contributed by atoms with Crippen molar-refractivity contribution in [3.63, 3.8) is 0 Å². The van der Waals surface area contributed by atoms with E-state index in [1.807, 2.05) is 44.1 Å². The summed E-state index contributed by atoms with van der Waals surface area (Å²) < 4.78 is 17.4. The second-order valence-corrected chi connectivity index (χ2v) is 11.7. The van der Waals surface area contributed by atoms with Gasteiger partial charge in [0.1, 0.15) is 23.3 Å². The van der Waals surface area contributed by atoms with Crippen molar-refractivity contribution < 1.29 is 28.9 Å². The third-order valence-electron chi connectivity index (χ3n) is 7.09. The number of nitrogens with zero attached hydrogens (tertiary/aromatic N) is 7. The molecule has 0 atom stereocenters. The zero-order valence-corrected chi connectivity index (χ0v) is 28.1. The number of aldehydes is 1. The Hall–Kier alpha value is -3.76. The average molecular weight is 656 g/mol. The predicted octanol–water partition coefficient (Wildman–Crippen LogP) is 4.31. The van der Waals surface area contributed by atoms with E-state index in [2.05, 4.69) is 32.2 Å². The predicted molar refractivity (Wildman–Crippen MR) is 176 cm³/mol. The molecule has 2 rings (SSSR count). The summed E-state index contributed by atoms with van der Waals surface area (Å²) in [6, 6.07) is 10.1. The van der Waals surface area contributed by atoms with E-state index in [4.69, 9.17) is 19.3 Å². The van der Waals surface area contributed by atoms with E-state index in [-0.39, 0.29) is 6.42 Å². The summed E-state index contributed by atoms with van der Waals surface area (Å²) in [4.78, 5) is 27.9. The molecular formula is C32H45N7O6S. The average Bonchev–Trinajstić information content (AvgIpc) is 3.35. The molecule has 14 heteroatoms. The summed E-state index contributed by atoms with van der Waals surface area (Å²) in [5, 5.41) is 36.7. The van der Waals surface area contributed by atoms with Gasteiger partial charge in [-0.2, -0.15) is 10.5 Å². The summed E-state index contributed by atoms with van der Waals surface area (Å²) in [6.07, 6.45) is 1.52. The van der Waals surface area contributed by atoms with E-state index in [1.54, 1.807) is 6.92 Å². The van der Waals surface area contributed by atoms with Crippen LogP contribution in [0.25, 0.3) is 0 Å². The number of thiophene rings is 1. The van der Waals surface area contributed by atoms with Gasteiger partial charge in [-0.25, -0.2) is 0 Å². The van der Waals surface area contributed by atoms with Crippen LogP contribution in [-0.2, 0) is 23.8 Å². The minimum absolute atomic E-state index is 0.105. The van der Waals surface area contributed by atoms with E-state index in [9.17, 15) is 20.1 Å². The van der Waals surface area contributed by atoms with E-state index in [0.29, 0.717) is 105 Å². The number of azo groups is 1. The molecule has 1 heterocycles. The van der Waals surface area contributed by atoms with E-state index in [0.717, 1.165) is 35.4 Å². The molecule has 2 aromatic rings. The van der Waals surface area contributed by atoms with E-state index >= 15 is 0 Å². The Labute approximate surface area is 275 Å². The molecule has 0 fully saturated rings. The number of hydrogen-bond acceptors (Lipinski definition) is 13. The third-order valence-corrected chi connectivity index (χ3v) is 8.17. The first kappa shape index (κ1) is 38.4. The van der Waals surface area contributed by atoms with Gasteiger partial charge in [-0.05, 0) is 57.3 Å². The number of benzene rings is 1. The zero-order valence-electron chi connectivity index (χ0n) is 27.2. The van der Waals surface area contributed by atoms with Gasteiger partial charge in [0.2, 0.25) is 0 Å². The molecule has 0 saturated heterocycles. The molecule has 0 amide bonds. The number of carbonyl (C=O) groups excluding carboxylic acids is 1. The molecule has 250 valence electrons. The number of anilines is 1. The van der Waals surface area contributed by atoms with Gasteiger partial charge < -0.3 is 38.8 Å². The van der Waals surface area contributed by atoms with Crippen molar-refractivity contribution in [2.75, 3.05) is 97.9 Å². The largest absolute Gasteiger partial charge is 0.481 e. The van der Waals surface area contributed by atoms with Crippen molar-refractivity contribution >= 4 is 40.0 Å². The normalized spacial score (nSPS) is 11.3. The van der Waals surface area contributed by atoms with Crippen molar-refractivity contribution in [2.24, 2.45) is 10.2 Å². The van der Waals surface area contributed by atoms with Gasteiger partial charge >= 0.3 is 5.97 Å². The van der Waals surface area contributed by atoms with Crippen LogP contribution < -0.4 is 4.90 Å². The maximum absolute atomic E-state index is 10.7. The van der Waals surface area contributed by atoms with Gasteiger partial charge in [-0.3, -0.25) is 4.79 Å². The molecule has 0 radical (unpaired) electrons. The summed E-state index contributed by atoms with van der Waals surface area (Å²) in [7, 11) is 3.83. The number of likely N-dealkylation sites (N-methyl/N-ethyl adjacent to an activating group) is 2. The molecule has 46 heavy (non-hydrogen) atoms. The number of carboxylic acid groups (broad SMARTS) is 1. The molecule has 1 aromatic carbocycles. The Morgan fingerprint density at radius 1 is 0.891 bits per heavy atom. The number of rotatable bonds is 24. The Morgan fingerprint density at radius 3 is 2.07 bits per heavy atom. The van der Waals surface area contributed by atoms with Crippen LogP contribution in [-0.4, -0.2) is 120 Å². The number of ether oxygens (including phenoxy) is 3. The number of nitriles is 2. The molecule has 0 aliphatic carbocycles. The van der Waals surface area contributed by atoms with Crippen LogP contribution in [0.2, 0.25) is 0 Å². The third kappa shape index (κ3) is 14.1. The van der Waals surface area contributed by atoms with Gasteiger partial charge in [0.25, 0.3) is 0 Å². The fraction of sp³-hybridized carbons (Fsp3) is 0.562. The lowest BCUT2D eigenvalue weighted by Crippen LogP contribution is -2.32.